The van der Waals surface area contributed by atoms with Crippen molar-refractivity contribution in [3.05, 3.63) is 243 Å². The standard InChI is InChI=1S/2C25H22P2S.Pd/c2*28-27(24-17-9-3-10-18-24,25-19-11-4-12-20-25)21-26(22-13-5-1-6-14-22)23-15-7-2-8-16-23;/h2*1-20H,21H2;/q;;+2/p+2. The molecule has 0 fully saturated rings. The Kier molecular flexibility index (Phi) is 16.6. The molecule has 0 heterocycles. The molecule has 8 rings (SSSR count). The minimum absolute atomic E-state index is 0. The Labute approximate surface area is 367 Å². The van der Waals surface area contributed by atoms with E-state index in [9.17, 15) is 0 Å². The Hall–Kier alpha value is -3.16. The Morgan fingerprint density at radius 2 is 0.421 bits per heavy atom. The molecule has 57 heavy (non-hydrogen) atoms. The molecule has 0 aromatic heterocycles. The van der Waals surface area contributed by atoms with Crippen molar-refractivity contribution < 1.29 is 20.4 Å². The first-order valence-electron chi connectivity index (χ1n) is 18.9. The summed E-state index contributed by atoms with van der Waals surface area (Å²) in [7, 11) is -2.01. The fraction of sp³-hybridized carbons (Fsp3) is 0.0400. The molecule has 0 bridgehead atoms. The van der Waals surface area contributed by atoms with Crippen LogP contribution < -0.4 is 42.4 Å². The number of rotatable bonds is 12. The topological polar surface area (TPSA) is 0 Å². The van der Waals surface area contributed by atoms with Gasteiger partial charge in [0.15, 0.2) is 11.8 Å². The molecule has 0 N–H and O–H groups in total. The van der Waals surface area contributed by atoms with Crippen LogP contribution in [0.3, 0.4) is 0 Å². The minimum atomic E-state index is -1.93. The quantitative estimate of drug-likeness (QED) is 0.0681. The molecular formula is C50H46P4PdS2+4. The van der Waals surface area contributed by atoms with Gasteiger partial charge in [-0.05, 0) is 110 Å². The molecule has 0 spiro atoms. The van der Waals surface area contributed by atoms with Crippen LogP contribution in [-0.4, -0.2) is 11.8 Å². The van der Waals surface area contributed by atoms with Crippen molar-refractivity contribution in [1.29, 1.82) is 0 Å². The summed E-state index contributed by atoms with van der Waals surface area (Å²) < 4.78 is 0. The molecule has 0 unspecified atom stereocenters. The summed E-state index contributed by atoms with van der Waals surface area (Å²) in [5.41, 5.74) is 0. The summed E-state index contributed by atoms with van der Waals surface area (Å²) in [6.45, 7) is -3.87. The van der Waals surface area contributed by atoms with E-state index in [0.717, 1.165) is 11.8 Å². The summed E-state index contributed by atoms with van der Waals surface area (Å²) in [5, 5.41) is 11.0. The van der Waals surface area contributed by atoms with Gasteiger partial charge < -0.3 is 24.5 Å². The van der Waals surface area contributed by atoms with E-state index in [1.807, 2.05) is 0 Å². The molecule has 0 aliphatic rings. The van der Waals surface area contributed by atoms with Crippen molar-refractivity contribution in [3.63, 3.8) is 0 Å². The summed E-state index contributed by atoms with van der Waals surface area (Å²) in [5.74, 6) is 2.07. The third-order valence-electron chi connectivity index (χ3n) is 9.94. The Morgan fingerprint density at radius 1 is 0.263 bits per heavy atom. The van der Waals surface area contributed by atoms with Crippen LogP contribution in [0.25, 0.3) is 0 Å². The van der Waals surface area contributed by atoms with Gasteiger partial charge in [-0.3, -0.25) is 0 Å². The zero-order valence-corrected chi connectivity index (χ0v) is 38.5. The van der Waals surface area contributed by atoms with Gasteiger partial charge in [-0.1, -0.05) is 146 Å². The second kappa shape index (κ2) is 21.7. The van der Waals surface area contributed by atoms with Crippen LogP contribution in [0.15, 0.2) is 243 Å². The summed E-state index contributed by atoms with van der Waals surface area (Å²) >= 11 is 13.1. The summed E-state index contributed by atoms with van der Waals surface area (Å²) in [6, 6.07) is 86.9. The molecular weight excluding hydrogens is 895 g/mol. The van der Waals surface area contributed by atoms with E-state index in [4.69, 9.17) is 24.5 Å². The molecule has 0 saturated carbocycles. The van der Waals surface area contributed by atoms with Gasteiger partial charge in [0.05, 0.1) is 21.2 Å². The maximum Gasteiger partial charge on any atom is 2.00 e. The third-order valence-corrected chi connectivity index (χ3v) is 29.5. The van der Waals surface area contributed by atoms with Crippen molar-refractivity contribution in [2.24, 2.45) is 0 Å². The maximum absolute atomic E-state index is 6.55. The molecule has 8 aromatic carbocycles. The molecule has 7 heteroatoms. The Morgan fingerprint density at radius 3 is 0.596 bits per heavy atom. The van der Waals surface area contributed by atoms with Gasteiger partial charge in [0.1, 0.15) is 37.1 Å². The number of hydrogen-bond acceptors (Lipinski definition) is 2. The minimum Gasteiger partial charge on any atom is -0.542 e. The van der Waals surface area contributed by atoms with Crippen molar-refractivity contribution >= 4 is 95.7 Å². The van der Waals surface area contributed by atoms with Crippen LogP contribution in [0.2, 0.25) is 0 Å². The number of hydrogen-bond donors (Lipinski definition) is 0. The van der Waals surface area contributed by atoms with Crippen molar-refractivity contribution in [3.8, 4) is 0 Å². The average molecular weight is 941 g/mol. The second-order valence-corrected chi connectivity index (χ2v) is 29.1. The third kappa shape index (κ3) is 11.1. The molecule has 0 aliphatic heterocycles. The first-order valence-corrected chi connectivity index (χ1v) is 28.3. The molecule has 0 atom stereocenters. The van der Waals surface area contributed by atoms with Gasteiger partial charge in [0, 0.05) is 0 Å². The molecule has 8 aromatic rings. The largest absolute Gasteiger partial charge is 2.00 e. The van der Waals surface area contributed by atoms with E-state index in [1.54, 1.807) is 0 Å². The van der Waals surface area contributed by atoms with Crippen LogP contribution >= 0.6 is 28.8 Å². The monoisotopic (exact) mass is 940 g/mol. The van der Waals surface area contributed by atoms with Gasteiger partial charge in [-0.2, -0.15) is 0 Å². The predicted molar refractivity (Wildman–Crippen MR) is 264 cm³/mol. The van der Waals surface area contributed by atoms with Crippen LogP contribution in [0.5, 0.6) is 0 Å². The van der Waals surface area contributed by atoms with Crippen molar-refractivity contribution in [1.82, 2.24) is 0 Å². The predicted octanol–water partition coefficient (Wildman–Crippen LogP) is 9.88. The first kappa shape index (κ1) is 43.4. The van der Waals surface area contributed by atoms with Gasteiger partial charge >= 0.3 is 20.4 Å². The van der Waals surface area contributed by atoms with E-state index in [2.05, 4.69) is 243 Å². The van der Waals surface area contributed by atoms with E-state index < -0.39 is 28.8 Å². The van der Waals surface area contributed by atoms with Crippen molar-refractivity contribution in [2.45, 2.75) is 0 Å². The smallest absolute Gasteiger partial charge is 0.542 e. The van der Waals surface area contributed by atoms with E-state index >= 15 is 0 Å². The Bertz CT molecular complexity index is 2000. The van der Waals surface area contributed by atoms with Crippen LogP contribution in [0, 0.1) is 0 Å². The van der Waals surface area contributed by atoms with Crippen LogP contribution in [0.4, 0.5) is 0 Å². The molecule has 0 radical (unpaired) electrons. The molecule has 0 saturated heterocycles. The maximum atomic E-state index is 6.55. The summed E-state index contributed by atoms with van der Waals surface area (Å²) in [4.78, 5) is 0. The zero-order chi connectivity index (χ0) is 38.5. The zero-order valence-electron chi connectivity index (χ0n) is 31.5. The van der Waals surface area contributed by atoms with E-state index in [1.165, 1.54) is 42.4 Å². The first-order chi connectivity index (χ1) is 27.5. The summed E-state index contributed by atoms with van der Waals surface area (Å²) in [6.07, 6.45) is 0. The fourth-order valence-corrected chi connectivity index (χ4v) is 26.5. The molecule has 0 nitrogen and oxygen atoms in total. The normalized spacial score (nSPS) is 11.3. The van der Waals surface area contributed by atoms with Gasteiger partial charge in [0.2, 0.25) is 0 Å². The van der Waals surface area contributed by atoms with Crippen LogP contribution in [0.1, 0.15) is 0 Å². The molecule has 284 valence electrons. The average Bonchev–Trinajstić information content (AvgIpc) is 3.30. The Balaban J connectivity index is 0.000000189. The molecule has 0 amide bonds. The number of benzene rings is 8. The van der Waals surface area contributed by atoms with E-state index in [0.29, 0.717) is 0 Å². The fourth-order valence-electron chi connectivity index (χ4n) is 7.04. The SMILES string of the molecule is [Pd+2].[S-][P+](C[PH+](c1ccccc1)c1ccccc1)(c1ccccc1)c1ccccc1.[S-][P+](C[PH+](c1ccccc1)c1ccccc1)(c1ccccc1)c1ccccc1. The van der Waals surface area contributed by atoms with Crippen LogP contribution in [-0.2, 0) is 44.9 Å². The van der Waals surface area contributed by atoms with E-state index in [-0.39, 0.29) is 20.4 Å². The van der Waals surface area contributed by atoms with Crippen molar-refractivity contribution in [2.75, 3.05) is 11.8 Å². The second-order valence-electron chi connectivity index (χ2n) is 13.6. The van der Waals surface area contributed by atoms with Gasteiger partial charge in [0.25, 0.3) is 0 Å². The van der Waals surface area contributed by atoms with Gasteiger partial charge in [-0.15, -0.1) is 0 Å². The molecule has 0 aliphatic carbocycles. The van der Waals surface area contributed by atoms with Gasteiger partial charge in [-0.25, -0.2) is 0 Å².